The molecule has 0 saturated heterocycles. The van der Waals surface area contributed by atoms with Crippen LogP contribution in [0, 0.1) is 0 Å². The third kappa shape index (κ3) is 55.4. The lowest BCUT2D eigenvalue weighted by molar-refractivity contribution is -0.163. The van der Waals surface area contributed by atoms with Crippen LogP contribution in [0.3, 0.4) is 0 Å². The van der Waals surface area contributed by atoms with Gasteiger partial charge in [0, 0.05) is 19.4 Å². The van der Waals surface area contributed by atoms with Crippen molar-refractivity contribution in [3.8, 4) is 0 Å². The molecule has 0 amide bonds. The molecule has 0 heterocycles. The number of allylic oxidation sites excluding steroid dienone is 16. The number of hydrogen-bond acceptors (Lipinski definition) is 5. The minimum atomic E-state index is -0.556. The van der Waals surface area contributed by atoms with Gasteiger partial charge < -0.3 is 14.2 Å². The van der Waals surface area contributed by atoms with Gasteiger partial charge in [-0.15, -0.1) is 0 Å². The highest BCUT2D eigenvalue weighted by atomic mass is 16.6. The van der Waals surface area contributed by atoms with Crippen LogP contribution < -0.4 is 0 Å². The van der Waals surface area contributed by atoms with E-state index in [-0.39, 0.29) is 25.2 Å². The van der Waals surface area contributed by atoms with Gasteiger partial charge in [-0.05, 0) is 116 Å². The van der Waals surface area contributed by atoms with Crippen LogP contribution in [0.2, 0.25) is 0 Å². The Hall–Kier alpha value is -3.18. The largest absolute Gasteiger partial charge is 0.462 e. The van der Waals surface area contributed by atoms with Crippen LogP contribution in [0.5, 0.6) is 0 Å². The Balaban J connectivity index is 4.33. The van der Waals surface area contributed by atoms with E-state index in [4.69, 9.17) is 14.2 Å². The predicted molar refractivity (Wildman–Crippen MR) is 297 cm³/mol. The van der Waals surface area contributed by atoms with Crippen LogP contribution in [-0.2, 0) is 23.8 Å². The normalized spacial score (nSPS) is 12.9. The smallest absolute Gasteiger partial charge is 0.306 e. The fraction of sp³-hybridized carbons (Fsp3) is 0.714. The molecule has 0 bridgehead atoms. The highest BCUT2D eigenvalue weighted by Gasteiger charge is 2.17. The molecule has 0 aromatic carbocycles. The van der Waals surface area contributed by atoms with Crippen LogP contribution in [0.25, 0.3) is 0 Å². The topological polar surface area (TPSA) is 61.8 Å². The molecule has 5 heteroatoms. The summed E-state index contributed by atoms with van der Waals surface area (Å²) in [4.78, 5) is 25.5. The second kappa shape index (κ2) is 58.1. The van der Waals surface area contributed by atoms with E-state index < -0.39 is 6.10 Å². The first kappa shape index (κ1) is 64.8. The summed E-state index contributed by atoms with van der Waals surface area (Å²) in [6.07, 6.45) is 78.5. The Morgan fingerprint density at radius 3 is 1.07 bits per heavy atom. The van der Waals surface area contributed by atoms with Gasteiger partial charge in [0.25, 0.3) is 0 Å². The zero-order chi connectivity index (χ0) is 49.2. The van der Waals surface area contributed by atoms with Crippen LogP contribution >= 0.6 is 0 Å². The van der Waals surface area contributed by atoms with Gasteiger partial charge in [-0.1, -0.05) is 234 Å². The van der Waals surface area contributed by atoms with E-state index in [1.807, 2.05) is 0 Å². The van der Waals surface area contributed by atoms with E-state index in [1.54, 1.807) is 0 Å². The summed E-state index contributed by atoms with van der Waals surface area (Å²) in [6, 6.07) is 0. The van der Waals surface area contributed by atoms with Crippen LogP contribution in [-0.4, -0.2) is 37.9 Å². The Kier molecular flexibility index (Phi) is 55.4. The number of hydrogen-bond donors (Lipinski definition) is 0. The minimum absolute atomic E-state index is 0.0675. The van der Waals surface area contributed by atoms with E-state index >= 15 is 0 Å². The highest BCUT2D eigenvalue weighted by Crippen LogP contribution is 2.14. The molecule has 0 spiro atoms. The predicted octanol–water partition coefficient (Wildman–Crippen LogP) is 19.8. The van der Waals surface area contributed by atoms with Gasteiger partial charge in [0.05, 0.1) is 6.61 Å². The first-order valence-corrected chi connectivity index (χ1v) is 28.8. The maximum atomic E-state index is 12.9. The number of esters is 2. The molecule has 1 unspecified atom stereocenters. The van der Waals surface area contributed by atoms with Crippen LogP contribution in [0.4, 0.5) is 0 Å². The first-order chi connectivity index (χ1) is 33.6. The van der Waals surface area contributed by atoms with Crippen molar-refractivity contribution in [3.05, 3.63) is 97.2 Å². The molecule has 0 aromatic rings. The molecule has 390 valence electrons. The average molecular weight is 946 g/mol. The van der Waals surface area contributed by atoms with Gasteiger partial charge in [-0.3, -0.25) is 9.59 Å². The lowest BCUT2D eigenvalue weighted by Crippen LogP contribution is -2.30. The van der Waals surface area contributed by atoms with Crippen molar-refractivity contribution in [2.75, 3.05) is 19.8 Å². The fourth-order valence-electron chi connectivity index (χ4n) is 7.86. The first-order valence-electron chi connectivity index (χ1n) is 28.8. The van der Waals surface area contributed by atoms with Gasteiger partial charge in [-0.2, -0.15) is 0 Å². The third-order valence-corrected chi connectivity index (χ3v) is 12.1. The highest BCUT2D eigenvalue weighted by molar-refractivity contribution is 5.70. The molecule has 5 nitrogen and oxygen atoms in total. The third-order valence-electron chi connectivity index (χ3n) is 12.1. The quantitative estimate of drug-likeness (QED) is 0.0345. The second-order valence-electron chi connectivity index (χ2n) is 18.8. The minimum Gasteiger partial charge on any atom is -0.462 e. The fourth-order valence-corrected chi connectivity index (χ4v) is 7.86. The van der Waals surface area contributed by atoms with E-state index in [0.29, 0.717) is 19.4 Å². The zero-order valence-corrected chi connectivity index (χ0v) is 44.8. The molecular weight excluding hydrogens is 837 g/mol. The van der Waals surface area contributed by atoms with Crippen molar-refractivity contribution >= 4 is 11.9 Å². The lowest BCUT2D eigenvalue weighted by Gasteiger charge is -2.18. The van der Waals surface area contributed by atoms with Gasteiger partial charge in [0.1, 0.15) is 6.61 Å². The van der Waals surface area contributed by atoms with Crippen molar-refractivity contribution in [3.63, 3.8) is 0 Å². The Labute approximate surface area is 422 Å². The van der Waals surface area contributed by atoms with Crippen molar-refractivity contribution < 1.29 is 23.8 Å². The van der Waals surface area contributed by atoms with E-state index in [2.05, 4.69) is 118 Å². The molecule has 0 N–H and O–H groups in total. The lowest BCUT2D eigenvalue weighted by atomic mass is 10.1. The van der Waals surface area contributed by atoms with E-state index in [9.17, 15) is 9.59 Å². The monoisotopic (exact) mass is 945 g/mol. The van der Waals surface area contributed by atoms with Crippen molar-refractivity contribution in [1.29, 1.82) is 0 Å². The van der Waals surface area contributed by atoms with E-state index in [1.165, 1.54) is 122 Å². The molecule has 0 aromatic heterocycles. The van der Waals surface area contributed by atoms with Crippen molar-refractivity contribution in [2.45, 2.75) is 271 Å². The number of carbonyl (C=O) groups is 2. The molecule has 0 rings (SSSR count). The number of ether oxygens (including phenoxy) is 3. The maximum absolute atomic E-state index is 12.9. The van der Waals surface area contributed by atoms with E-state index in [0.717, 1.165) is 109 Å². The molecule has 0 aliphatic rings. The number of carbonyl (C=O) groups excluding carboxylic acids is 2. The molecule has 0 aliphatic heterocycles. The molecule has 0 aliphatic carbocycles. The van der Waals surface area contributed by atoms with Gasteiger partial charge in [0.2, 0.25) is 0 Å². The van der Waals surface area contributed by atoms with Crippen molar-refractivity contribution in [1.82, 2.24) is 0 Å². The summed E-state index contributed by atoms with van der Waals surface area (Å²) in [7, 11) is 0. The molecule has 0 saturated carbocycles. The summed E-state index contributed by atoms with van der Waals surface area (Å²) < 4.78 is 17.5. The molecular formula is C63H108O5. The van der Waals surface area contributed by atoms with Crippen LogP contribution in [0.1, 0.15) is 265 Å². The number of rotatable bonds is 52. The van der Waals surface area contributed by atoms with Crippen LogP contribution in [0.15, 0.2) is 97.2 Å². The molecule has 68 heavy (non-hydrogen) atoms. The number of unbranched alkanes of at least 4 members (excludes halogenated alkanes) is 25. The maximum Gasteiger partial charge on any atom is 0.306 e. The molecule has 1 atom stereocenters. The summed E-state index contributed by atoms with van der Waals surface area (Å²) in [5, 5.41) is 0. The summed E-state index contributed by atoms with van der Waals surface area (Å²) >= 11 is 0. The SMILES string of the molecule is CC/C=C\C/C=C\C/C=C\C/C=C\CCCCCCCCC(=O)OCC(COCCCCCCCCCC/C=C\C/C=C\C/C=C\CC)OC(=O)CCCCCCC/C=C\CCCCCCCC. The zero-order valence-electron chi connectivity index (χ0n) is 44.8. The van der Waals surface area contributed by atoms with Crippen molar-refractivity contribution in [2.24, 2.45) is 0 Å². The molecule has 0 fully saturated rings. The second-order valence-corrected chi connectivity index (χ2v) is 18.8. The Bertz CT molecular complexity index is 1300. The Morgan fingerprint density at radius 1 is 0.338 bits per heavy atom. The Morgan fingerprint density at radius 2 is 0.662 bits per heavy atom. The molecule has 0 radical (unpaired) electrons. The van der Waals surface area contributed by atoms with Gasteiger partial charge >= 0.3 is 11.9 Å². The van der Waals surface area contributed by atoms with Gasteiger partial charge in [0.15, 0.2) is 6.10 Å². The summed E-state index contributed by atoms with van der Waals surface area (Å²) in [5.74, 6) is -0.424. The summed E-state index contributed by atoms with van der Waals surface area (Å²) in [6.45, 7) is 7.58. The van der Waals surface area contributed by atoms with Gasteiger partial charge in [-0.25, -0.2) is 0 Å². The average Bonchev–Trinajstić information content (AvgIpc) is 3.34. The standard InChI is InChI=1S/C63H108O5/c1-4-7-10-13-16-19-22-25-28-30-32-33-36-38-41-44-47-50-53-56-62(64)67-60-61(68-63(65)57-54-51-48-45-42-39-35-27-24-21-18-15-12-9-6-3)59-66-58-55-52-49-46-43-40-37-34-31-29-26-23-20-17-14-11-8-5-2/h7-8,10-11,16-17,19-20,25-29,32-33,35,61H,4-6,9,12-15,18,21-24,30-31,34,36-60H2,1-3H3/b10-7-,11-8-,19-16-,20-17-,28-25-,29-26-,33-32-,35-27-. The summed E-state index contributed by atoms with van der Waals surface area (Å²) in [5.41, 5.74) is 0.